The van der Waals surface area contributed by atoms with Crippen molar-refractivity contribution in [1.29, 1.82) is 0 Å². The summed E-state index contributed by atoms with van der Waals surface area (Å²) in [5.41, 5.74) is 3.08. The molecule has 0 atom stereocenters. The molecule has 0 aliphatic carbocycles. The number of carbonyl (C=O) groups excluding carboxylic acids is 1. The largest absolute Gasteiger partial charge is 0.298 e. The summed E-state index contributed by atoms with van der Waals surface area (Å²) in [5, 5.41) is 5.70. The molecule has 5 aromatic rings. The summed E-state index contributed by atoms with van der Waals surface area (Å²) in [7, 11) is 0. The highest BCUT2D eigenvalue weighted by molar-refractivity contribution is 7.14. The molecule has 0 aliphatic heterocycles. The number of hydrogen-bond acceptors (Lipinski definition) is 6. The minimum absolute atomic E-state index is 0.143. The van der Waals surface area contributed by atoms with E-state index < -0.39 is 0 Å². The summed E-state index contributed by atoms with van der Waals surface area (Å²) in [5.74, 6) is 0.301. The Morgan fingerprint density at radius 1 is 0.938 bits per heavy atom. The number of amides is 1. The molecule has 0 bridgehead atoms. The molecule has 0 fully saturated rings. The van der Waals surface area contributed by atoms with Crippen molar-refractivity contribution in [2.24, 2.45) is 0 Å². The third kappa shape index (κ3) is 3.67. The number of aromatic nitrogens is 4. The molecule has 0 saturated heterocycles. The Balaban J connectivity index is 1.39. The first-order valence-electron chi connectivity index (χ1n) is 9.87. The van der Waals surface area contributed by atoms with Crippen molar-refractivity contribution in [3.05, 3.63) is 100 Å². The number of para-hydroxylation sites is 1. The van der Waals surface area contributed by atoms with E-state index in [1.165, 1.54) is 11.3 Å². The van der Waals surface area contributed by atoms with Crippen LogP contribution in [0.25, 0.3) is 28.0 Å². The summed E-state index contributed by atoms with van der Waals surface area (Å²) in [6, 6.07) is 19.7. The average Bonchev–Trinajstić information content (AvgIpc) is 3.28. The lowest BCUT2D eigenvalue weighted by Crippen LogP contribution is -2.22. The molecule has 0 saturated carbocycles. The normalized spacial score (nSPS) is 10.9. The molecule has 5 rings (SSSR count). The van der Waals surface area contributed by atoms with Gasteiger partial charge in [-0.15, -0.1) is 11.3 Å². The second kappa shape index (κ2) is 8.16. The highest BCUT2D eigenvalue weighted by Gasteiger charge is 2.13. The fourth-order valence-electron chi connectivity index (χ4n) is 3.44. The molecule has 32 heavy (non-hydrogen) atoms. The Bertz CT molecular complexity index is 1490. The maximum atomic E-state index is 13.0. The van der Waals surface area contributed by atoms with Crippen molar-refractivity contribution in [3.8, 4) is 17.1 Å². The SMILES string of the molecule is Cc1nc2ccccc2c(=O)n1-c1ccc(C(=O)Nc2nc(-c3ccccn3)cs2)cc1. The Morgan fingerprint density at radius 2 is 1.72 bits per heavy atom. The molecule has 0 spiro atoms. The predicted octanol–water partition coefficient (Wildman–Crippen LogP) is 4.46. The fourth-order valence-corrected chi connectivity index (χ4v) is 4.14. The zero-order chi connectivity index (χ0) is 22.1. The van der Waals surface area contributed by atoms with Gasteiger partial charge in [-0.25, -0.2) is 9.97 Å². The summed E-state index contributed by atoms with van der Waals surface area (Å²) in [4.78, 5) is 38.9. The zero-order valence-electron chi connectivity index (χ0n) is 17.0. The van der Waals surface area contributed by atoms with Gasteiger partial charge in [0.2, 0.25) is 0 Å². The van der Waals surface area contributed by atoms with Gasteiger partial charge >= 0.3 is 0 Å². The molecule has 8 heteroatoms. The van der Waals surface area contributed by atoms with E-state index in [1.807, 2.05) is 41.8 Å². The van der Waals surface area contributed by atoms with Crippen LogP contribution in [0.2, 0.25) is 0 Å². The van der Waals surface area contributed by atoms with Crippen molar-refractivity contribution in [1.82, 2.24) is 19.5 Å². The Morgan fingerprint density at radius 3 is 2.50 bits per heavy atom. The van der Waals surface area contributed by atoms with Gasteiger partial charge in [-0.3, -0.25) is 24.5 Å². The molecular formula is C24H17N5O2S. The number of hydrogen-bond donors (Lipinski definition) is 1. The van der Waals surface area contributed by atoms with Gasteiger partial charge in [0.15, 0.2) is 5.13 Å². The van der Waals surface area contributed by atoms with Gasteiger partial charge in [-0.05, 0) is 55.5 Å². The molecule has 1 amide bonds. The molecule has 0 unspecified atom stereocenters. The maximum absolute atomic E-state index is 13.0. The van der Waals surface area contributed by atoms with Gasteiger partial charge in [0.25, 0.3) is 11.5 Å². The number of anilines is 1. The van der Waals surface area contributed by atoms with Crippen molar-refractivity contribution >= 4 is 33.3 Å². The second-order valence-electron chi connectivity index (χ2n) is 7.07. The summed E-state index contributed by atoms with van der Waals surface area (Å²) >= 11 is 1.34. The zero-order valence-corrected chi connectivity index (χ0v) is 17.8. The predicted molar refractivity (Wildman–Crippen MR) is 125 cm³/mol. The first kappa shape index (κ1) is 19.8. The number of fused-ring (bicyclic) bond motifs is 1. The van der Waals surface area contributed by atoms with Crippen molar-refractivity contribution < 1.29 is 4.79 Å². The number of benzene rings is 2. The lowest BCUT2D eigenvalue weighted by molar-refractivity contribution is 0.102. The van der Waals surface area contributed by atoms with Crippen LogP contribution < -0.4 is 10.9 Å². The minimum Gasteiger partial charge on any atom is -0.298 e. The van der Waals surface area contributed by atoms with E-state index in [0.717, 1.165) is 5.69 Å². The van der Waals surface area contributed by atoms with E-state index in [1.54, 1.807) is 48.0 Å². The fraction of sp³-hybridized carbons (Fsp3) is 0.0417. The van der Waals surface area contributed by atoms with Crippen LogP contribution >= 0.6 is 11.3 Å². The number of rotatable bonds is 4. The van der Waals surface area contributed by atoms with E-state index in [-0.39, 0.29) is 11.5 Å². The number of nitrogens with zero attached hydrogens (tertiary/aromatic N) is 4. The topological polar surface area (TPSA) is 89.8 Å². The van der Waals surface area contributed by atoms with Crippen LogP contribution in [0.4, 0.5) is 5.13 Å². The number of pyridine rings is 1. The van der Waals surface area contributed by atoms with Crippen LogP contribution in [0.3, 0.4) is 0 Å². The first-order valence-corrected chi connectivity index (χ1v) is 10.8. The van der Waals surface area contributed by atoms with Crippen LogP contribution in [0.15, 0.2) is 83.1 Å². The molecule has 3 heterocycles. The third-order valence-electron chi connectivity index (χ3n) is 4.98. The minimum atomic E-state index is -0.279. The molecule has 3 aromatic heterocycles. The first-order chi connectivity index (χ1) is 15.6. The Kier molecular flexibility index (Phi) is 5.04. The summed E-state index contributed by atoms with van der Waals surface area (Å²) in [6.45, 7) is 1.79. The molecule has 0 radical (unpaired) electrons. The third-order valence-corrected chi connectivity index (χ3v) is 5.74. The number of thiazole rings is 1. The lowest BCUT2D eigenvalue weighted by atomic mass is 10.2. The Hall–Kier alpha value is -4.17. The van der Waals surface area contributed by atoms with Gasteiger partial charge in [0.05, 0.1) is 22.3 Å². The average molecular weight is 440 g/mol. The number of nitrogens with one attached hydrogen (secondary N) is 1. The van der Waals surface area contributed by atoms with Gasteiger partial charge < -0.3 is 0 Å². The van der Waals surface area contributed by atoms with Crippen LogP contribution in [-0.2, 0) is 0 Å². The van der Waals surface area contributed by atoms with Crippen LogP contribution in [0.5, 0.6) is 0 Å². The molecule has 156 valence electrons. The van der Waals surface area contributed by atoms with Crippen LogP contribution in [-0.4, -0.2) is 25.4 Å². The molecular weight excluding hydrogens is 422 g/mol. The van der Waals surface area contributed by atoms with Crippen LogP contribution in [0.1, 0.15) is 16.2 Å². The van der Waals surface area contributed by atoms with E-state index in [4.69, 9.17) is 0 Å². The maximum Gasteiger partial charge on any atom is 0.265 e. The van der Waals surface area contributed by atoms with Gasteiger partial charge in [0.1, 0.15) is 11.5 Å². The van der Waals surface area contributed by atoms with Crippen molar-refractivity contribution in [2.45, 2.75) is 6.92 Å². The van der Waals surface area contributed by atoms with Crippen molar-refractivity contribution in [3.63, 3.8) is 0 Å². The quantitative estimate of drug-likeness (QED) is 0.446. The van der Waals surface area contributed by atoms with Gasteiger partial charge in [0, 0.05) is 17.1 Å². The van der Waals surface area contributed by atoms with Gasteiger partial charge in [-0.1, -0.05) is 18.2 Å². The van der Waals surface area contributed by atoms with Crippen LogP contribution in [0, 0.1) is 6.92 Å². The standard InChI is InChI=1S/C24H17N5O2S/c1-15-26-19-7-3-2-6-18(19)23(31)29(15)17-11-9-16(10-12-17)22(30)28-24-27-21(14-32-24)20-8-4-5-13-25-20/h2-14H,1H3,(H,27,28,30). The summed E-state index contributed by atoms with van der Waals surface area (Å²) in [6.07, 6.45) is 1.70. The number of aryl methyl sites for hydroxylation is 1. The lowest BCUT2D eigenvalue weighted by Gasteiger charge is -2.11. The molecule has 7 nitrogen and oxygen atoms in total. The van der Waals surface area contributed by atoms with E-state index in [9.17, 15) is 9.59 Å². The van der Waals surface area contributed by atoms with Crippen molar-refractivity contribution in [2.75, 3.05) is 5.32 Å². The number of carbonyl (C=O) groups is 1. The monoisotopic (exact) mass is 439 g/mol. The molecule has 0 aliphatic rings. The summed E-state index contributed by atoms with van der Waals surface area (Å²) < 4.78 is 1.55. The second-order valence-corrected chi connectivity index (χ2v) is 7.93. The van der Waals surface area contributed by atoms with E-state index in [0.29, 0.717) is 38.8 Å². The highest BCUT2D eigenvalue weighted by atomic mass is 32.1. The highest BCUT2D eigenvalue weighted by Crippen LogP contribution is 2.23. The smallest absolute Gasteiger partial charge is 0.265 e. The van der Waals surface area contributed by atoms with Gasteiger partial charge in [-0.2, -0.15) is 0 Å². The Labute approximate surface area is 187 Å². The van der Waals surface area contributed by atoms with E-state index in [2.05, 4.69) is 20.3 Å². The van der Waals surface area contributed by atoms with E-state index >= 15 is 0 Å². The molecule has 1 N–H and O–H groups in total. The molecule has 2 aromatic carbocycles.